The Kier molecular flexibility index (Phi) is 3.19. The van der Waals surface area contributed by atoms with Gasteiger partial charge in [-0.25, -0.2) is 10.8 Å². The number of rotatable bonds is 3. The standard InChI is InChI=1S/C7H10N4O3/c1-4(12)9-2-6-10-5(3-14-6)7(13)11-8/h3H,2,8H2,1H3,(H,9,12)(H,11,13). The van der Waals surface area contributed by atoms with Gasteiger partial charge in [-0.2, -0.15) is 0 Å². The lowest BCUT2D eigenvalue weighted by atomic mass is 10.5. The van der Waals surface area contributed by atoms with E-state index in [1.807, 2.05) is 5.43 Å². The van der Waals surface area contributed by atoms with Crippen molar-refractivity contribution in [2.75, 3.05) is 0 Å². The summed E-state index contributed by atoms with van der Waals surface area (Å²) in [6.45, 7) is 1.52. The van der Waals surface area contributed by atoms with E-state index in [0.717, 1.165) is 0 Å². The Morgan fingerprint density at radius 1 is 1.64 bits per heavy atom. The summed E-state index contributed by atoms with van der Waals surface area (Å²) in [6, 6.07) is 0. The lowest BCUT2D eigenvalue weighted by Crippen LogP contribution is -2.30. The molecule has 1 heterocycles. The highest BCUT2D eigenvalue weighted by Gasteiger charge is 2.10. The molecule has 0 bridgehead atoms. The van der Waals surface area contributed by atoms with Crippen LogP contribution in [0.4, 0.5) is 0 Å². The summed E-state index contributed by atoms with van der Waals surface area (Å²) in [7, 11) is 0. The van der Waals surface area contributed by atoms with Gasteiger partial charge in [0.15, 0.2) is 5.69 Å². The highest BCUT2D eigenvalue weighted by atomic mass is 16.3. The number of nitrogens with two attached hydrogens (primary N) is 1. The number of hydrogen-bond acceptors (Lipinski definition) is 5. The molecular weight excluding hydrogens is 188 g/mol. The maximum Gasteiger partial charge on any atom is 0.287 e. The third-order valence-electron chi connectivity index (χ3n) is 1.40. The van der Waals surface area contributed by atoms with Crippen molar-refractivity contribution in [3.63, 3.8) is 0 Å². The molecule has 7 nitrogen and oxygen atoms in total. The summed E-state index contributed by atoms with van der Waals surface area (Å²) >= 11 is 0. The average Bonchev–Trinajstić information content (AvgIpc) is 2.62. The quantitative estimate of drug-likeness (QED) is 0.325. The van der Waals surface area contributed by atoms with Crippen LogP contribution in [0.5, 0.6) is 0 Å². The fraction of sp³-hybridized carbons (Fsp3) is 0.286. The molecule has 0 atom stereocenters. The number of nitrogens with one attached hydrogen (secondary N) is 2. The Morgan fingerprint density at radius 2 is 2.36 bits per heavy atom. The number of nitrogen functional groups attached to an aromatic ring is 1. The van der Waals surface area contributed by atoms with E-state index in [4.69, 9.17) is 10.3 Å². The summed E-state index contributed by atoms with van der Waals surface area (Å²) in [6.07, 6.45) is 1.17. The molecule has 0 fully saturated rings. The van der Waals surface area contributed by atoms with Crippen LogP contribution in [0.1, 0.15) is 23.3 Å². The van der Waals surface area contributed by atoms with E-state index < -0.39 is 5.91 Å². The van der Waals surface area contributed by atoms with Crippen molar-refractivity contribution >= 4 is 11.8 Å². The summed E-state index contributed by atoms with van der Waals surface area (Å²) < 4.78 is 4.90. The van der Waals surface area contributed by atoms with Gasteiger partial charge >= 0.3 is 0 Å². The molecule has 1 aromatic rings. The van der Waals surface area contributed by atoms with Crippen LogP contribution in [0.3, 0.4) is 0 Å². The molecule has 0 saturated heterocycles. The molecule has 0 spiro atoms. The van der Waals surface area contributed by atoms with Gasteiger partial charge in [0, 0.05) is 6.92 Å². The van der Waals surface area contributed by atoms with Crippen molar-refractivity contribution in [2.24, 2.45) is 5.84 Å². The molecule has 0 unspecified atom stereocenters. The lowest BCUT2D eigenvalue weighted by molar-refractivity contribution is -0.119. The number of hydrazine groups is 1. The van der Waals surface area contributed by atoms with E-state index in [9.17, 15) is 9.59 Å². The number of carbonyl (C=O) groups excluding carboxylic acids is 2. The topological polar surface area (TPSA) is 110 Å². The molecule has 1 rings (SSSR count). The van der Waals surface area contributed by atoms with Crippen LogP contribution in [-0.2, 0) is 11.3 Å². The maximum absolute atomic E-state index is 10.9. The van der Waals surface area contributed by atoms with E-state index >= 15 is 0 Å². The molecule has 0 aliphatic rings. The van der Waals surface area contributed by atoms with Crippen LogP contribution in [-0.4, -0.2) is 16.8 Å². The molecule has 0 aliphatic carbocycles. The number of carbonyl (C=O) groups is 2. The predicted molar refractivity (Wildman–Crippen MR) is 45.7 cm³/mol. The van der Waals surface area contributed by atoms with E-state index in [-0.39, 0.29) is 24.0 Å². The first-order valence-corrected chi connectivity index (χ1v) is 3.83. The van der Waals surface area contributed by atoms with Crippen molar-refractivity contribution in [1.29, 1.82) is 0 Å². The molecular formula is C7H10N4O3. The molecule has 14 heavy (non-hydrogen) atoms. The summed E-state index contributed by atoms with van der Waals surface area (Å²) in [5.74, 6) is 4.39. The van der Waals surface area contributed by atoms with Crippen molar-refractivity contribution in [3.8, 4) is 0 Å². The number of nitrogens with zero attached hydrogens (tertiary/aromatic N) is 1. The molecule has 0 aliphatic heterocycles. The van der Waals surface area contributed by atoms with Gasteiger partial charge < -0.3 is 9.73 Å². The van der Waals surface area contributed by atoms with Crippen molar-refractivity contribution in [3.05, 3.63) is 17.8 Å². The summed E-state index contributed by atoms with van der Waals surface area (Å²) in [4.78, 5) is 25.2. The van der Waals surface area contributed by atoms with Gasteiger partial charge in [0.2, 0.25) is 11.8 Å². The Bertz CT molecular complexity index is 346. The van der Waals surface area contributed by atoms with E-state index in [1.54, 1.807) is 0 Å². The SMILES string of the molecule is CC(=O)NCc1nc(C(=O)NN)co1. The van der Waals surface area contributed by atoms with Crippen LogP contribution < -0.4 is 16.6 Å². The molecule has 7 heteroatoms. The first kappa shape index (κ1) is 10.2. The molecule has 76 valence electrons. The minimum Gasteiger partial charge on any atom is -0.446 e. The number of hydrogen-bond donors (Lipinski definition) is 3. The fourth-order valence-corrected chi connectivity index (χ4v) is 0.770. The maximum atomic E-state index is 10.9. The third-order valence-corrected chi connectivity index (χ3v) is 1.40. The van der Waals surface area contributed by atoms with Gasteiger partial charge in [-0.1, -0.05) is 0 Å². The zero-order valence-corrected chi connectivity index (χ0v) is 7.53. The monoisotopic (exact) mass is 198 g/mol. The largest absolute Gasteiger partial charge is 0.446 e. The Labute approximate surface area is 79.6 Å². The fourth-order valence-electron chi connectivity index (χ4n) is 0.770. The van der Waals surface area contributed by atoms with Gasteiger partial charge in [-0.3, -0.25) is 15.0 Å². The first-order valence-electron chi connectivity index (χ1n) is 3.83. The van der Waals surface area contributed by atoms with Crippen molar-refractivity contribution < 1.29 is 14.0 Å². The second kappa shape index (κ2) is 4.38. The van der Waals surface area contributed by atoms with Gasteiger partial charge in [-0.15, -0.1) is 0 Å². The van der Waals surface area contributed by atoms with Crippen LogP contribution in [0.25, 0.3) is 0 Å². The van der Waals surface area contributed by atoms with E-state index in [2.05, 4.69) is 10.3 Å². The van der Waals surface area contributed by atoms with Crippen LogP contribution in [0, 0.1) is 0 Å². The first-order chi connectivity index (χ1) is 6.63. The van der Waals surface area contributed by atoms with Gasteiger partial charge in [0.1, 0.15) is 6.26 Å². The molecule has 2 amide bonds. The number of oxazole rings is 1. The van der Waals surface area contributed by atoms with Gasteiger partial charge in [-0.05, 0) is 0 Å². The Hall–Kier alpha value is -1.89. The number of aromatic nitrogens is 1. The van der Waals surface area contributed by atoms with Crippen molar-refractivity contribution in [2.45, 2.75) is 13.5 Å². The highest BCUT2D eigenvalue weighted by Crippen LogP contribution is 2.00. The molecule has 0 aromatic carbocycles. The van der Waals surface area contributed by atoms with Gasteiger partial charge in [0.25, 0.3) is 5.91 Å². The average molecular weight is 198 g/mol. The second-order valence-corrected chi connectivity index (χ2v) is 2.51. The zero-order chi connectivity index (χ0) is 10.6. The van der Waals surface area contributed by atoms with Crippen LogP contribution in [0.2, 0.25) is 0 Å². The minimum absolute atomic E-state index is 0.0767. The lowest BCUT2D eigenvalue weighted by Gasteiger charge is -1.95. The highest BCUT2D eigenvalue weighted by molar-refractivity contribution is 5.91. The smallest absolute Gasteiger partial charge is 0.287 e. The summed E-state index contributed by atoms with van der Waals surface area (Å²) in [5.41, 5.74) is 1.99. The normalized spacial score (nSPS) is 9.57. The zero-order valence-electron chi connectivity index (χ0n) is 7.53. The molecule has 0 saturated carbocycles. The van der Waals surface area contributed by atoms with E-state index in [0.29, 0.717) is 0 Å². The second-order valence-electron chi connectivity index (χ2n) is 2.51. The Balaban J connectivity index is 2.59. The minimum atomic E-state index is -0.539. The molecule has 1 aromatic heterocycles. The van der Waals surface area contributed by atoms with Crippen molar-refractivity contribution in [1.82, 2.24) is 15.7 Å². The third kappa shape index (κ3) is 2.56. The van der Waals surface area contributed by atoms with Gasteiger partial charge in [0.05, 0.1) is 6.54 Å². The Morgan fingerprint density at radius 3 is 2.93 bits per heavy atom. The molecule has 0 radical (unpaired) electrons. The molecule has 4 N–H and O–H groups in total. The van der Waals surface area contributed by atoms with Crippen LogP contribution >= 0.6 is 0 Å². The van der Waals surface area contributed by atoms with E-state index in [1.165, 1.54) is 13.2 Å². The summed E-state index contributed by atoms with van der Waals surface area (Å²) in [5, 5.41) is 2.47. The number of amides is 2. The van der Waals surface area contributed by atoms with Crippen LogP contribution in [0.15, 0.2) is 10.7 Å². The predicted octanol–water partition coefficient (Wildman–Crippen LogP) is -1.09.